The molecule has 0 aromatic carbocycles. The molecule has 1 saturated carbocycles. The van der Waals surface area contributed by atoms with Crippen LogP contribution in [0.4, 0.5) is 4.39 Å². The fraction of sp³-hybridized carbons (Fsp3) is 0.562. The molecule has 0 spiro atoms. The number of alkyl halides is 1. The molecule has 1 saturated heterocycles. The molecule has 1 aliphatic carbocycles. The van der Waals surface area contributed by atoms with Crippen LogP contribution >= 0.6 is 11.3 Å². The van der Waals surface area contributed by atoms with Crippen LogP contribution in [0, 0.1) is 12.8 Å². The number of hydrogen-bond donors (Lipinski definition) is 1. The molecule has 3 atom stereocenters. The van der Waals surface area contributed by atoms with Crippen molar-refractivity contribution in [3.05, 3.63) is 23.1 Å². The number of hydrogen-bond acceptors (Lipinski definition) is 4. The SMILES string of the molecule is Cc1c(C(=O)NC2(C)CCN(C(=O)C3CC3F)C2)sc2cncn12. The number of carbonyl (C=O) groups excluding carboxylic acids is 2. The summed E-state index contributed by atoms with van der Waals surface area (Å²) in [5.74, 6) is -0.710. The minimum absolute atomic E-state index is 0.117. The van der Waals surface area contributed by atoms with E-state index in [4.69, 9.17) is 0 Å². The van der Waals surface area contributed by atoms with Crippen LogP contribution in [-0.2, 0) is 4.79 Å². The number of likely N-dealkylation sites (tertiary alicyclic amines) is 1. The minimum atomic E-state index is -0.981. The number of fused-ring (bicyclic) bond motifs is 1. The van der Waals surface area contributed by atoms with Crippen molar-refractivity contribution in [3.63, 3.8) is 0 Å². The Balaban J connectivity index is 1.46. The lowest BCUT2D eigenvalue weighted by atomic mass is 10.0. The predicted octanol–water partition coefficient (Wildman–Crippen LogP) is 1.78. The van der Waals surface area contributed by atoms with E-state index in [1.807, 2.05) is 18.2 Å². The summed E-state index contributed by atoms with van der Waals surface area (Å²) in [7, 11) is 0. The highest BCUT2D eigenvalue weighted by atomic mass is 32.1. The van der Waals surface area contributed by atoms with Crippen molar-refractivity contribution >= 4 is 28.0 Å². The van der Waals surface area contributed by atoms with Gasteiger partial charge in [-0.1, -0.05) is 0 Å². The minimum Gasteiger partial charge on any atom is -0.344 e. The van der Waals surface area contributed by atoms with E-state index in [2.05, 4.69) is 10.3 Å². The standard InChI is InChI=1S/C16H19FN4O2S/c1-9-13(24-12-6-18-8-21(9)12)14(22)19-16(2)3-4-20(7-16)15(23)10-5-11(10)17/h6,8,10-11H,3-5,7H2,1-2H3,(H,19,22). The summed E-state index contributed by atoms with van der Waals surface area (Å²) in [4.78, 5) is 32.2. The van der Waals surface area contributed by atoms with Crippen molar-refractivity contribution in [3.8, 4) is 0 Å². The molecule has 2 fully saturated rings. The Morgan fingerprint density at radius 2 is 2.25 bits per heavy atom. The van der Waals surface area contributed by atoms with Crippen molar-refractivity contribution in [2.24, 2.45) is 5.92 Å². The molecule has 24 heavy (non-hydrogen) atoms. The zero-order valence-corrected chi connectivity index (χ0v) is 14.4. The van der Waals surface area contributed by atoms with Crippen molar-refractivity contribution in [1.29, 1.82) is 0 Å². The zero-order chi connectivity index (χ0) is 17.1. The van der Waals surface area contributed by atoms with E-state index in [9.17, 15) is 14.0 Å². The largest absolute Gasteiger partial charge is 0.344 e. The lowest BCUT2D eigenvalue weighted by molar-refractivity contribution is -0.132. The van der Waals surface area contributed by atoms with Gasteiger partial charge >= 0.3 is 0 Å². The van der Waals surface area contributed by atoms with Crippen molar-refractivity contribution in [2.45, 2.75) is 38.4 Å². The van der Waals surface area contributed by atoms with Crippen LogP contribution < -0.4 is 5.32 Å². The number of rotatable bonds is 3. The van der Waals surface area contributed by atoms with Gasteiger partial charge in [-0.05, 0) is 26.7 Å². The quantitative estimate of drug-likeness (QED) is 0.918. The number of nitrogens with zero attached hydrogens (tertiary/aromatic N) is 3. The first kappa shape index (κ1) is 15.6. The third-order valence-electron chi connectivity index (χ3n) is 4.94. The van der Waals surface area contributed by atoms with Gasteiger partial charge in [-0.25, -0.2) is 9.37 Å². The summed E-state index contributed by atoms with van der Waals surface area (Å²) in [6.07, 6.45) is 3.46. The van der Waals surface area contributed by atoms with Gasteiger partial charge in [0.25, 0.3) is 5.91 Å². The molecule has 2 aliphatic rings. The lowest BCUT2D eigenvalue weighted by Crippen LogP contribution is -2.48. The second kappa shape index (κ2) is 5.27. The van der Waals surface area contributed by atoms with E-state index < -0.39 is 17.6 Å². The third-order valence-corrected chi connectivity index (χ3v) is 6.13. The van der Waals surface area contributed by atoms with Crippen LogP contribution in [0.5, 0.6) is 0 Å². The fourth-order valence-electron chi connectivity index (χ4n) is 3.34. The number of nitrogens with one attached hydrogen (secondary N) is 1. The number of carbonyl (C=O) groups is 2. The summed E-state index contributed by atoms with van der Waals surface area (Å²) in [6.45, 7) is 4.83. The first-order valence-corrected chi connectivity index (χ1v) is 8.86. The van der Waals surface area contributed by atoms with Crippen LogP contribution in [0.25, 0.3) is 4.83 Å². The highest BCUT2D eigenvalue weighted by Crippen LogP contribution is 2.37. The molecule has 3 heterocycles. The fourth-order valence-corrected chi connectivity index (χ4v) is 4.34. The molecule has 1 N–H and O–H groups in total. The molecule has 3 unspecified atom stereocenters. The maximum atomic E-state index is 13.1. The summed E-state index contributed by atoms with van der Waals surface area (Å²) in [5, 5.41) is 3.07. The smallest absolute Gasteiger partial charge is 0.263 e. The van der Waals surface area contributed by atoms with E-state index >= 15 is 0 Å². The maximum Gasteiger partial charge on any atom is 0.263 e. The number of aryl methyl sites for hydroxylation is 1. The van der Waals surface area contributed by atoms with E-state index in [-0.39, 0.29) is 11.8 Å². The highest BCUT2D eigenvalue weighted by Gasteiger charge is 2.48. The van der Waals surface area contributed by atoms with Gasteiger partial charge in [-0.2, -0.15) is 0 Å². The van der Waals surface area contributed by atoms with Gasteiger partial charge in [0.1, 0.15) is 22.2 Å². The van der Waals surface area contributed by atoms with Gasteiger partial charge < -0.3 is 10.2 Å². The molecule has 0 bridgehead atoms. The summed E-state index contributed by atoms with van der Waals surface area (Å²) < 4.78 is 15.0. The molecule has 6 nitrogen and oxygen atoms in total. The third kappa shape index (κ3) is 2.49. The van der Waals surface area contributed by atoms with Gasteiger partial charge in [0.2, 0.25) is 5.91 Å². The normalized spacial score (nSPS) is 29.2. The van der Waals surface area contributed by atoms with Crippen LogP contribution in [0.3, 0.4) is 0 Å². The molecule has 8 heteroatoms. The summed E-state index contributed by atoms with van der Waals surface area (Å²) >= 11 is 1.40. The van der Waals surface area contributed by atoms with E-state index in [0.717, 1.165) is 10.5 Å². The first-order valence-electron chi connectivity index (χ1n) is 8.05. The average molecular weight is 350 g/mol. The zero-order valence-electron chi connectivity index (χ0n) is 13.6. The summed E-state index contributed by atoms with van der Waals surface area (Å²) in [5.41, 5.74) is 0.384. The number of halogens is 1. The molecule has 4 rings (SSSR count). The van der Waals surface area contributed by atoms with Crippen molar-refractivity contribution < 1.29 is 14.0 Å². The Labute approximate surface area is 142 Å². The van der Waals surface area contributed by atoms with Gasteiger partial charge in [0, 0.05) is 18.8 Å². The Bertz CT molecular complexity index is 831. The Morgan fingerprint density at radius 3 is 2.92 bits per heavy atom. The monoisotopic (exact) mass is 350 g/mol. The first-order chi connectivity index (χ1) is 11.4. The van der Waals surface area contributed by atoms with Gasteiger partial charge in [0.05, 0.1) is 17.7 Å². The van der Waals surface area contributed by atoms with Crippen LogP contribution in [0.2, 0.25) is 0 Å². The molecular weight excluding hydrogens is 331 g/mol. The van der Waals surface area contributed by atoms with Crippen LogP contribution in [0.1, 0.15) is 35.1 Å². The van der Waals surface area contributed by atoms with Crippen molar-refractivity contribution in [2.75, 3.05) is 13.1 Å². The second-order valence-electron chi connectivity index (χ2n) is 7.00. The average Bonchev–Trinajstić information content (AvgIpc) is 2.91. The maximum absolute atomic E-state index is 13.1. The second-order valence-corrected chi connectivity index (χ2v) is 8.03. The van der Waals surface area contributed by atoms with Gasteiger partial charge in [0.15, 0.2) is 0 Å². The number of thiazole rings is 1. The number of imidazole rings is 1. The van der Waals surface area contributed by atoms with Gasteiger partial charge in [-0.3, -0.25) is 14.0 Å². The molecular formula is C16H19FN4O2S. The van der Waals surface area contributed by atoms with Gasteiger partial charge in [-0.15, -0.1) is 11.3 Å². The van der Waals surface area contributed by atoms with E-state index in [0.29, 0.717) is 30.8 Å². The molecule has 2 aromatic rings. The topological polar surface area (TPSA) is 66.7 Å². The summed E-state index contributed by atoms with van der Waals surface area (Å²) in [6, 6.07) is 0. The number of aromatic nitrogens is 2. The number of amides is 2. The Kier molecular flexibility index (Phi) is 3.42. The Hall–Kier alpha value is -1.96. The van der Waals surface area contributed by atoms with E-state index in [1.165, 1.54) is 11.3 Å². The Morgan fingerprint density at radius 1 is 1.50 bits per heavy atom. The predicted molar refractivity (Wildman–Crippen MR) is 87.9 cm³/mol. The molecule has 128 valence electrons. The molecule has 2 amide bonds. The molecule has 2 aromatic heterocycles. The van der Waals surface area contributed by atoms with Crippen molar-refractivity contribution in [1.82, 2.24) is 19.6 Å². The highest BCUT2D eigenvalue weighted by molar-refractivity contribution is 7.19. The van der Waals surface area contributed by atoms with Crippen LogP contribution in [-0.4, -0.2) is 50.9 Å². The lowest BCUT2D eigenvalue weighted by Gasteiger charge is -2.26. The van der Waals surface area contributed by atoms with Crippen LogP contribution in [0.15, 0.2) is 12.5 Å². The van der Waals surface area contributed by atoms with E-state index in [1.54, 1.807) is 17.4 Å². The molecule has 0 radical (unpaired) electrons. The molecule has 1 aliphatic heterocycles.